The van der Waals surface area contributed by atoms with E-state index in [0.717, 1.165) is 48.2 Å². The van der Waals surface area contributed by atoms with Gasteiger partial charge in [0.1, 0.15) is 17.0 Å². The van der Waals surface area contributed by atoms with E-state index in [-0.39, 0.29) is 11.6 Å². The van der Waals surface area contributed by atoms with Crippen molar-refractivity contribution >= 4 is 34.0 Å². The smallest absolute Gasteiger partial charge is 0.132 e. The van der Waals surface area contributed by atoms with Crippen LogP contribution in [0.15, 0.2) is 60.3 Å². The molecule has 2 aliphatic heterocycles. The normalized spacial score (nSPS) is 21.6. The number of pyridine rings is 1. The van der Waals surface area contributed by atoms with Crippen molar-refractivity contribution in [2.45, 2.75) is 24.3 Å². The van der Waals surface area contributed by atoms with Crippen LogP contribution in [0.4, 0.5) is 20.2 Å². The van der Waals surface area contributed by atoms with Gasteiger partial charge in [-0.2, -0.15) is 0 Å². The number of anilines is 2. The summed E-state index contributed by atoms with van der Waals surface area (Å²) >= 11 is 1.38. The Labute approximate surface area is 178 Å². The summed E-state index contributed by atoms with van der Waals surface area (Å²) < 4.78 is 29.2. The Morgan fingerprint density at radius 2 is 1.87 bits per heavy atom. The largest absolute Gasteiger partial charge is 0.368 e. The van der Waals surface area contributed by atoms with E-state index in [1.165, 1.54) is 30.0 Å². The Kier molecular flexibility index (Phi) is 5.08. The number of hydrogen-bond donors (Lipinski definition) is 1. The summed E-state index contributed by atoms with van der Waals surface area (Å²) in [5.74, 6) is -1.09. The van der Waals surface area contributed by atoms with E-state index in [0.29, 0.717) is 0 Å². The molecule has 3 heterocycles. The highest BCUT2D eigenvalue weighted by Gasteiger charge is 2.32. The number of nitrogens with zero attached hydrogens (tertiary/aromatic N) is 3. The highest BCUT2D eigenvalue weighted by molar-refractivity contribution is 8.02. The van der Waals surface area contributed by atoms with Crippen LogP contribution in [-0.2, 0) is 0 Å². The first-order valence-corrected chi connectivity index (χ1v) is 11.0. The summed E-state index contributed by atoms with van der Waals surface area (Å²) in [4.78, 5) is 8.85. The van der Waals surface area contributed by atoms with Crippen molar-refractivity contribution < 1.29 is 8.78 Å². The van der Waals surface area contributed by atoms with Crippen molar-refractivity contribution in [2.24, 2.45) is 5.73 Å². The topological polar surface area (TPSA) is 45.4 Å². The predicted octanol–water partition coefficient (Wildman–Crippen LogP) is 5.16. The minimum absolute atomic E-state index is 0.0574. The maximum atomic E-state index is 14.6. The first-order chi connectivity index (χ1) is 14.6. The lowest BCUT2D eigenvalue weighted by molar-refractivity contribution is 0.506. The molecule has 0 amide bonds. The third kappa shape index (κ3) is 3.32. The summed E-state index contributed by atoms with van der Waals surface area (Å²) in [7, 11) is 0. The molecule has 1 fully saturated rings. The minimum atomic E-state index is -0.545. The molecule has 4 nitrogen and oxygen atoms in total. The average molecular weight is 425 g/mol. The lowest BCUT2D eigenvalue weighted by atomic mass is 10.0. The molecule has 1 aromatic heterocycles. The Balaban J connectivity index is 1.66. The van der Waals surface area contributed by atoms with E-state index in [1.807, 2.05) is 40.8 Å². The number of nitrogens with two attached hydrogens (primary N) is 1. The van der Waals surface area contributed by atoms with Crippen LogP contribution in [0.2, 0.25) is 0 Å². The molecule has 2 atom stereocenters. The van der Waals surface area contributed by atoms with Gasteiger partial charge in [-0.3, -0.25) is 4.98 Å². The van der Waals surface area contributed by atoms with Crippen molar-refractivity contribution in [3.05, 3.63) is 77.5 Å². The summed E-state index contributed by atoms with van der Waals surface area (Å²) in [6, 6.07) is 12.1. The van der Waals surface area contributed by atoms with Gasteiger partial charge in [0.15, 0.2) is 0 Å². The van der Waals surface area contributed by atoms with Gasteiger partial charge in [-0.15, -0.1) is 11.8 Å². The van der Waals surface area contributed by atoms with Crippen LogP contribution in [0.5, 0.6) is 0 Å². The summed E-state index contributed by atoms with van der Waals surface area (Å²) in [6.45, 7) is 1.63. The molecule has 2 aromatic carbocycles. The Bertz CT molecular complexity index is 1100. The maximum Gasteiger partial charge on any atom is 0.132 e. The molecule has 0 radical (unpaired) electrons. The van der Waals surface area contributed by atoms with Crippen LogP contribution in [0.25, 0.3) is 10.9 Å². The number of benzene rings is 2. The van der Waals surface area contributed by atoms with Crippen molar-refractivity contribution in [1.29, 1.82) is 0 Å². The molecule has 5 rings (SSSR count). The van der Waals surface area contributed by atoms with E-state index in [1.54, 1.807) is 6.20 Å². The zero-order valence-corrected chi connectivity index (χ0v) is 17.2. The number of hydrogen-bond acceptors (Lipinski definition) is 5. The van der Waals surface area contributed by atoms with E-state index < -0.39 is 17.0 Å². The molecule has 0 aliphatic carbocycles. The van der Waals surface area contributed by atoms with Gasteiger partial charge >= 0.3 is 0 Å². The second kappa shape index (κ2) is 7.89. The number of piperidine rings is 1. The van der Waals surface area contributed by atoms with Gasteiger partial charge in [-0.1, -0.05) is 24.3 Å². The Hall–Kier alpha value is -2.64. The van der Waals surface area contributed by atoms with Crippen LogP contribution in [0, 0.1) is 11.6 Å². The zero-order valence-electron chi connectivity index (χ0n) is 16.3. The van der Waals surface area contributed by atoms with Crippen LogP contribution in [0.3, 0.4) is 0 Å². The number of para-hydroxylation sites is 1. The fraction of sp³-hybridized carbons (Fsp3) is 0.261. The first-order valence-electron chi connectivity index (χ1n) is 10.1. The van der Waals surface area contributed by atoms with Crippen molar-refractivity contribution in [3.8, 4) is 0 Å². The molecule has 2 aliphatic rings. The molecule has 3 aromatic rings. The predicted molar refractivity (Wildman–Crippen MR) is 119 cm³/mol. The van der Waals surface area contributed by atoms with Gasteiger partial charge in [0.05, 0.1) is 28.7 Å². The number of fused-ring (bicyclic) bond motifs is 1. The lowest BCUT2D eigenvalue weighted by Crippen LogP contribution is -2.43. The van der Waals surface area contributed by atoms with Crippen molar-refractivity contribution in [3.63, 3.8) is 0 Å². The second-order valence-corrected chi connectivity index (χ2v) is 8.66. The van der Waals surface area contributed by atoms with E-state index in [4.69, 9.17) is 5.73 Å². The monoisotopic (exact) mass is 424 g/mol. The third-order valence-corrected chi connectivity index (χ3v) is 6.71. The first kappa shape index (κ1) is 19.3. The Morgan fingerprint density at radius 3 is 2.67 bits per heavy atom. The average Bonchev–Trinajstić information content (AvgIpc) is 3.22. The quantitative estimate of drug-likeness (QED) is 0.629. The molecular formula is C23H22F2N4S. The molecule has 0 saturated carbocycles. The highest BCUT2D eigenvalue weighted by atomic mass is 32.2. The molecular weight excluding hydrogens is 402 g/mol. The SMILES string of the molecule is N[C@H]1CCCN(c2c(N3C=CSC3c3c(F)cccc3F)cnc3ccccc23)C1. The number of rotatable bonds is 3. The van der Waals surface area contributed by atoms with Gasteiger partial charge in [-0.05, 0) is 36.4 Å². The van der Waals surface area contributed by atoms with Crippen LogP contribution in [0.1, 0.15) is 23.8 Å². The molecule has 0 bridgehead atoms. The molecule has 7 heteroatoms. The standard InChI is InChI=1S/C23H22F2N4S/c24-17-7-3-8-18(25)21(17)23-29(11-12-30-23)20-13-27-19-9-2-1-6-16(19)22(20)28-10-4-5-15(26)14-28/h1-3,6-9,11-13,15,23H,4-5,10,14,26H2/t15-,23?/m0/s1. The molecule has 30 heavy (non-hydrogen) atoms. The third-order valence-electron chi connectivity index (χ3n) is 5.71. The van der Waals surface area contributed by atoms with Crippen molar-refractivity contribution in [1.82, 2.24) is 4.98 Å². The molecule has 1 saturated heterocycles. The molecule has 154 valence electrons. The van der Waals surface area contributed by atoms with Crippen LogP contribution in [-0.4, -0.2) is 24.1 Å². The summed E-state index contributed by atoms with van der Waals surface area (Å²) in [5.41, 5.74) is 9.07. The minimum Gasteiger partial charge on any atom is -0.368 e. The Morgan fingerprint density at radius 1 is 1.07 bits per heavy atom. The van der Waals surface area contributed by atoms with Crippen molar-refractivity contribution in [2.75, 3.05) is 22.9 Å². The molecule has 1 unspecified atom stereocenters. The van der Waals surface area contributed by atoms with E-state index in [9.17, 15) is 8.78 Å². The summed E-state index contributed by atoms with van der Waals surface area (Å²) in [5, 5.41) is 2.35. The lowest BCUT2D eigenvalue weighted by Gasteiger charge is -2.37. The number of thioether (sulfide) groups is 1. The zero-order chi connectivity index (χ0) is 20.7. The highest BCUT2D eigenvalue weighted by Crippen LogP contribution is 2.48. The summed E-state index contributed by atoms with van der Waals surface area (Å²) in [6.07, 6.45) is 5.69. The van der Waals surface area contributed by atoms with E-state index in [2.05, 4.69) is 9.88 Å². The fourth-order valence-electron chi connectivity index (χ4n) is 4.33. The van der Waals surface area contributed by atoms with Gasteiger partial charge in [0.25, 0.3) is 0 Å². The molecule has 2 N–H and O–H groups in total. The maximum absolute atomic E-state index is 14.6. The van der Waals surface area contributed by atoms with E-state index >= 15 is 0 Å². The van der Waals surface area contributed by atoms with Crippen LogP contribution >= 0.6 is 11.8 Å². The van der Waals surface area contributed by atoms with Gasteiger partial charge in [0, 0.05) is 30.7 Å². The fourth-order valence-corrected chi connectivity index (χ4v) is 5.36. The molecule has 0 spiro atoms. The van der Waals surface area contributed by atoms with Crippen LogP contribution < -0.4 is 15.5 Å². The second-order valence-electron chi connectivity index (χ2n) is 7.67. The van der Waals surface area contributed by atoms with Gasteiger partial charge in [-0.25, -0.2) is 8.78 Å². The number of halogens is 2. The van der Waals surface area contributed by atoms with Gasteiger partial charge in [0.2, 0.25) is 0 Å². The van der Waals surface area contributed by atoms with Gasteiger partial charge < -0.3 is 15.5 Å². The number of aromatic nitrogens is 1.